The lowest BCUT2D eigenvalue weighted by Gasteiger charge is -2.33. The molecule has 1 aliphatic carbocycles. The van der Waals surface area contributed by atoms with Gasteiger partial charge in [0.25, 0.3) is 0 Å². The molecule has 1 saturated carbocycles. The molecule has 0 atom stereocenters. The van der Waals surface area contributed by atoms with Crippen LogP contribution in [-0.4, -0.2) is 44.3 Å². The summed E-state index contributed by atoms with van der Waals surface area (Å²) in [5.41, 5.74) is 1.48. The number of esters is 2. The first-order valence-electron chi connectivity index (χ1n) is 11.2. The summed E-state index contributed by atoms with van der Waals surface area (Å²) in [6.45, 7) is 5.07. The Labute approximate surface area is 208 Å². The van der Waals surface area contributed by atoms with E-state index in [4.69, 9.17) is 14.2 Å². The highest BCUT2D eigenvalue weighted by atomic mass is 79.9. The lowest BCUT2D eigenvalue weighted by molar-refractivity contribution is -0.157. The maximum atomic E-state index is 12.4. The zero-order valence-corrected chi connectivity index (χ0v) is 22.3. The van der Waals surface area contributed by atoms with Crippen molar-refractivity contribution in [3.05, 3.63) is 33.6 Å². The molecule has 1 aromatic heterocycles. The van der Waals surface area contributed by atoms with E-state index in [0.29, 0.717) is 21.1 Å². The summed E-state index contributed by atoms with van der Waals surface area (Å²) in [5.74, 6) is -0.727. The van der Waals surface area contributed by atoms with Gasteiger partial charge in [0.15, 0.2) is 17.2 Å². The van der Waals surface area contributed by atoms with E-state index in [2.05, 4.69) is 40.0 Å². The first-order valence-corrected chi connectivity index (χ1v) is 12.8. The molecule has 3 rings (SSSR count). The van der Waals surface area contributed by atoms with E-state index in [1.54, 1.807) is 20.8 Å². The van der Waals surface area contributed by atoms with E-state index in [9.17, 15) is 9.59 Å². The summed E-state index contributed by atoms with van der Waals surface area (Å²) in [6.07, 6.45) is 6.27. The number of thiophene rings is 1. The van der Waals surface area contributed by atoms with Crippen LogP contribution >= 0.6 is 27.3 Å². The number of benzene rings is 1. The summed E-state index contributed by atoms with van der Waals surface area (Å²) < 4.78 is 16.6. The lowest BCUT2D eigenvalue weighted by atomic mass is 9.94. The van der Waals surface area contributed by atoms with Crippen LogP contribution in [0.5, 0.6) is 5.75 Å². The van der Waals surface area contributed by atoms with Crippen molar-refractivity contribution in [1.82, 2.24) is 0 Å². The maximum Gasteiger partial charge on any atom is 0.351 e. The Hall–Kier alpha value is -2.06. The number of carbonyl (C=O) groups is 2. The predicted octanol–water partition coefficient (Wildman–Crippen LogP) is 6.45. The second-order valence-corrected chi connectivity index (χ2v) is 11.0. The number of nitrogens with zero attached hydrogens (tertiary/aromatic N) is 1. The summed E-state index contributed by atoms with van der Waals surface area (Å²) >= 11 is 4.87. The van der Waals surface area contributed by atoms with Gasteiger partial charge in [-0.2, -0.15) is 0 Å². The maximum absolute atomic E-state index is 12.4. The van der Waals surface area contributed by atoms with Gasteiger partial charge in [0, 0.05) is 18.8 Å². The van der Waals surface area contributed by atoms with Crippen LogP contribution in [0.1, 0.15) is 62.5 Å². The number of halogens is 1. The van der Waals surface area contributed by atoms with Gasteiger partial charge in [0.1, 0.15) is 5.60 Å². The molecule has 1 fully saturated rings. The van der Waals surface area contributed by atoms with E-state index in [1.807, 2.05) is 12.1 Å². The Kier molecular flexibility index (Phi) is 8.45. The first-order chi connectivity index (χ1) is 15.6. The van der Waals surface area contributed by atoms with Crippen LogP contribution in [0.2, 0.25) is 0 Å². The molecule has 0 bridgehead atoms. The molecule has 0 aliphatic heterocycles. The van der Waals surface area contributed by atoms with Crippen molar-refractivity contribution < 1.29 is 23.8 Å². The molecule has 8 heteroatoms. The van der Waals surface area contributed by atoms with Gasteiger partial charge in [-0.25, -0.2) is 9.59 Å². The van der Waals surface area contributed by atoms with Gasteiger partial charge >= 0.3 is 11.9 Å². The Morgan fingerprint density at radius 3 is 2.52 bits per heavy atom. The van der Waals surface area contributed by atoms with Crippen molar-refractivity contribution >= 4 is 44.9 Å². The average Bonchev–Trinajstić information content (AvgIpc) is 3.12. The monoisotopic (exact) mass is 537 g/mol. The predicted molar refractivity (Wildman–Crippen MR) is 135 cm³/mol. The second kappa shape index (κ2) is 10.9. The van der Waals surface area contributed by atoms with Crippen molar-refractivity contribution in [3.63, 3.8) is 0 Å². The molecule has 2 aromatic rings. The van der Waals surface area contributed by atoms with Crippen molar-refractivity contribution in [2.45, 2.75) is 64.5 Å². The Morgan fingerprint density at radius 2 is 1.88 bits per heavy atom. The van der Waals surface area contributed by atoms with Crippen LogP contribution in [-0.2, 0) is 14.3 Å². The fourth-order valence-corrected chi connectivity index (χ4v) is 5.95. The Balaban J connectivity index is 1.89. The molecule has 1 heterocycles. The molecule has 0 radical (unpaired) electrons. The summed E-state index contributed by atoms with van der Waals surface area (Å²) in [7, 11) is 3.47. The third-order valence-electron chi connectivity index (χ3n) is 5.57. The van der Waals surface area contributed by atoms with Crippen LogP contribution in [0.15, 0.2) is 28.7 Å². The molecular formula is C25H32BrNO5S. The quantitative estimate of drug-likeness (QED) is 0.378. The number of hydrogen-bond acceptors (Lipinski definition) is 7. The third kappa shape index (κ3) is 6.51. The highest BCUT2D eigenvalue weighted by Crippen LogP contribution is 2.46. The lowest BCUT2D eigenvalue weighted by Crippen LogP contribution is -2.33. The topological polar surface area (TPSA) is 65.1 Å². The molecule has 6 nitrogen and oxygen atoms in total. The Bertz CT molecular complexity index is 991. The van der Waals surface area contributed by atoms with E-state index in [1.165, 1.54) is 50.6 Å². The molecule has 0 spiro atoms. The normalized spacial score (nSPS) is 14.6. The molecule has 180 valence electrons. The molecule has 0 amide bonds. The summed E-state index contributed by atoms with van der Waals surface area (Å²) in [5, 5.41) is 0. The number of methoxy groups -OCH3 is 1. The van der Waals surface area contributed by atoms with E-state index in [-0.39, 0.29) is 6.61 Å². The summed E-state index contributed by atoms with van der Waals surface area (Å²) in [6, 6.07) is 8.81. The van der Waals surface area contributed by atoms with E-state index >= 15 is 0 Å². The van der Waals surface area contributed by atoms with Crippen molar-refractivity contribution in [2.24, 2.45) is 0 Å². The molecule has 1 aromatic carbocycles. The van der Waals surface area contributed by atoms with Crippen LogP contribution in [0.3, 0.4) is 0 Å². The summed E-state index contributed by atoms with van der Waals surface area (Å²) in [4.78, 5) is 28.1. The van der Waals surface area contributed by atoms with E-state index < -0.39 is 17.5 Å². The molecule has 1 aliphatic rings. The number of carbonyl (C=O) groups excluding carboxylic acids is 2. The van der Waals surface area contributed by atoms with E-state index in [0.717, 1.165) is 16.1 Å². The number of anilines is 1. The minimum absolute atomic E-state index is 0.291. The SMILES string of the molecule is COC(=O)c1sc(-c2cccc(N(C)C3CCCCC3)c2)c(Br)c1OCC(=O)OC(C)(C)C. The van der Waals surface area contributed by atoms with Gasteiger partial charge in [-0.3, -0.25) is 0 Å². The second-order valence-electron chi connectivity index (χ2n) is 9.22. The minimum Gasteiger partial charge on any atom is -0.479 e. The standard InChI is InChI=1S/C25H32BrNO5S/c1-25(2,3)32-19(28)15-31-21-20(26)22(33-23(21)24(29)30-5)16-10-9-13-18(14-16)27(4)17-11-7-6-8-12-17/h9-10,13-14,17H,6-8,11-12,15H2,1-5H3. The number of hydrogen-bond donors (Lipinski definition) is 0. The van der Waals surface area contributed by atoms with Gasteiger partial charge in [-0.1, -0.05) is 31.4 Å². The number of rotatable bonds is 7. The van der Waals surface area contributed by atoms with Gasteiger partial charge in [0.2, 0.25) is 0 Å². The smallest absolute Gasteiger partial charge is 0.351 e. The van der Waals surface area contributed by atoms with Gasteiger partial charge in [0.05, 0.1) is 16.5 Å². The van der Waals surface area contributed by atoms with Gasteiger partial charge < -0.3 is 19.1 Å². The van der Waals surface area contributed by atoms with Crippen molar-refractivity contribution in [1.29, 1.82) is 0 Å². The highest BCUT2D eigenvalue weighted by molar-refractivity contribution is 9.10. The molecular weight excluding hydrogens is 506 g/mol. The van der Waals surface area contributed by atoms with Crippen LogP contribution in [0.4, 0.5) is 5.69 Å². The third-order valence-corrected chi connectivity index (χ3v) is 7.79. The minimum atomic E-state index is -0.618. The largest absolute Gasteiger partial charge is 0.479 e. The number of ether oxygens (including phenoxy) is 3. The van der Waals surface area contributed by atoms with Crippen LogP contribution < -0.4 is 9.64 Å². The highest BCUT2D eigenvalue weighted by Gasteiger charge is 2.27. The van der Waals surface area contributed by atoms with Gasteiger partial charge in [-0.05, 0) is 67.2 Å². The Morgan fingerprint density at radius 1 is 1.18 bits per heavy atom. The van der Waals surface area contributed by atoms with Crippen LogP contribution in [0.25, 0.3) is 10.4 Å². The van der Waals surface area contributed by atoms with Gasteiger partial charge in [-0.15, -0.1) is 11.3 Å². The van der Waals surface area contributed by atoms with Crippen LogP contribution in [0, 0.1) is 0 Å². The zero-order valence-electron chi connectivity index (χ0n) is 19.9. The van der Waals surface area contributed by atoms with Crippen molar-refractivity contribution in [2.75, 3.05) is 25.7 Å². The zero-order chi connectivity index (χ0) is 24.2. The fraction of sp³-hybridized carbons (Fsp3) is 0.520. The van der Waals surface area contributed by atoms with Crippen molar-refractivity contribution in [3.8, 4) is 16.2 Å². The fourth-order valence-electron chi connectivity index (χ4n) is 3.99. The first kappa shape index (κ1) is 25.6. The molecule has 0 N–H and O–H groups in total. The molecule has 33 heavy (non-hydrogen) atoms. The average molecular weight is 539 g/mol. The molecule has 0 unspecified atom stereocenters. The molecule has 0 saturated heterocycles.